The highest BCUT2D eigenvalue weighted by atomic mass is 35.5. The molecule has 0 unspecified atom stereocenters. The topological polar surface area (TPSA) is 44.4 Å². The second kappa shape index (κ2) is 9.26. The lowest BCUT2D eigenvalue weighted by atomic mass is 9.97. The fraction of sp³-hybridized carbons (Fsp3) is 0.611. The first kappa shape index (κ1) is 19.9. The Morgan fingerprint density at radius 1 is 1.30 bits per heavy atom. The van der Waals surface area contributed by atoms with Crippen LogP contribution < -0.4 is 10.6 Å². The number of carbonyl (C=O) groups is 1. The lowest BCUT2D eigenvalue weighted by molar-refractivity contribution is -0.122. The number of piperazine rings is 1. The Balaban J connectivity index is 0.00000264. The molecule has 1 aliphatic heterocycles. The summed E-state index contributed by atoms with van der Waals surface area (Å²) in [5.41, 5.74) is 5.31. The Morgan fingerprint density at radius 2 is 1.96 bits per heavy atom. The summed E-state index contributed by atoms with van der Waals surface area (Å²) >= 11 is 0. The van der Waals surface area contributed by atoms with Gasteiger partial charge in [0.15, 0.2) is 0 Å². The smallest absolute Gasteiger partial charge is 0.234 e. The summed E-state index contributed by atoms with van der Waals surface area (Å²) in [6.45, 7) is 12.7. The van der Waals surface area contributed by atoms with E-state index in [1.165, 1.54) is 22.3 Å². The van der Waals surface area contributed by atoms with Gasteiger partial charge in [-0.3, -0.25) is 9.69 Å². The Labute approximate surface area is 146 Å². The molecule has 2 N–H and O–H groups in total. The van der Waals surface area contributed by atoms with Gasteiger partial charge in [-0.1, -0.05) is 17.7 Å². The van der Waals surface area contributed by atoms with E-state index in [0.717, 1.165) is 26.1 Å². The van der Waals surface area contributed by atoms with Crippen LogP contribution in [0.2, 0.25) is 0 Å². The zero-order chi connectivity index (χ0) is 16.1. The standard InChI is InChI=1S/C18H29N3O.ClH/c1-13-9-14(2)17(15(3)10-13)5-6-20-18(22)12-21-8-7-19-11-16(21)4;/h9-10,16,19H,5-8,11-12H2,1-4H3,(H,20,22);1H/t16-;/m1./s1. The molecule has 2 rings (SSSR count). The molecule has 4 nitrogen and oxygen atoms in total. The minimum atomic E-state index is 0. The van der Waals surface area contributed by atoms with Crippen LogP contribution in [0.3, 0.4) is 0 Å². The molecule has 1 atom stereocenters. The number of nitrogens with one attached hydrogen (secondary N) is 2. The molecule has 0 radical (unpaired) electrons. The number of carbonyl (C=O) groups excluding carboxylic acids is 1. The summed E-state index contributed by atoms with van der Waals surface area (Å²) in [6, 6.07) is 4.86. The van der Waals surface area contributed by atoms with Crippen molar-refractivity contribution in [1.82, 2.24) is 15.5 Å². The molecule has 1 aromatic carbocycles. The second-order valence-corrected chi connectivity index (χ2v) is 6.50. The van der Waals surface area contributed by atoms with Crippen molar-refractivity contribution in [3.8, 4) is 0 Å². The number of benzene rings is 1. The Bertz CT molecular complexity index is 510. The summed E-state index contributed by atoms with van der Waals surface area (Å²) in [7, 11) is 0. The number of nitrogens with zero attached hydrogens (tertiary/aromatic N) is 1. The molecule has 0 spiro atoms. The number of aryl methyl sites for hydroxylation is 3. The van der Waals surface area contributed by atoms with E-state index in [2.05, 4.69) is 55.4 Å². The summed E-state index contributed by atoms with van der Waals surface area (Å²) < 4.78 is 0. The van der Waals surface area contributed by atoms with Crippen molar-refractivity contribution in [3.05, 3.63) is 34.4 Å². The van der Waals surface area contributed by atoms with Crippen LogP contribution in [-0.4, -0.2) is 49.6 Å². The molecule has 5 heteroatoms. The third-order valence-electron chi connectivity index (χ3n) is 4.52. The van der Waals surface area contributed by atoms with Crippen molar-refractivity contribution in [1.29, 1.82) is 0 Å². The van der Waals surface area contributed by atoms with Crippen molar-refractivity contribution >= 4 is 18.3 Å². The zero-order valence-electron chi connectivity index (χ0n) is 14.7. The average molecular weight is 340 g/mol. The molecule has 0 bridgehead atoms. The van der Waals surface area contributed by atoms with Gasteiger partial charge >= 0.3 is 0 Å². The van der Waals surface area contributed by atoms with Crippen LogP contribution in [0.5, 0.6) is 0 Å². The first-order chi connectivity index (χ1) is 10.5. The predicted octanol–water partition coefficient (Wildman–Crippen LogP) is 1.99. The van der Waals surface area contributed by atoms with Crippen LogP contribution in [0.15, 0.2) is 12.1 Å². The van der Waals surface area contributed by atoms with E-state index < -0.39 is 0 Å². The monoisotopic (exact) mass is 339 g/mol. The van der Waals surface area contributed by atoms with Gasteiger partial charge in [0.05, 0.1) is 6.54 Å². The molecule has 130 valence electrons. The van der Waals surface area contributed by atoms with Gasteiger partial charge in [-0.25, -0.2) is 0 Å². The molecule has 1 fully saturated rings. The maximum absolute atomic E-state index is 12.1. The summed E-state index contributed by atoms with van der Waals surface area (Å²) in [5, 5.41) is 6.41. The highest BCUT2D eigenvalue weighted by Gasteiger charge is 2.19. The largest absolute Gasteiger partial charge is 0.355 e. The molecule has 1 aliphatic rings. The van der Waals surface area contributed by atoms with Gasteiger partial charge in [0, 0.05) is 32.2 Å². The maximum Gasteiger partial charge on any atom is 0.234 e. The van der Waals surface area contributed by atoms with Crippen molar-refractivity contribution in [2.75, 3.05) is 32.7 Å². The highest BCUT2D eigenvalue weighted by Crippen LogP contribution is 2.16. The maximum atomic E-state index is 12.1. The van der Waals surface area contributed by atoms with Crippen molar-refractivity contribution in [2.45, 2.75) is 40.2 Å². The quantitative estimate of drug-likeness (QED) is 0.862. The summed E-state index contributed by atoms with van der Waals surface area (Å²) in [5.74, 6) is 0.135. The molecular weight excluding hydrogens is 310 g/mol. The Kier molecular flexibility index (Phi) is 8.03. The van der Waals surface area contributed by atoms with Gasteiger partial charge in [0.25, 0.3) is 0 Å². The van der Waals surface area contributed by atoms with E-state index in [9.17, 15) is 4.79 Å². The van der Waals surface area contributed by atoms with Crippen molar-refractivity contribution in [3.63, 3.8) is 0 Å². The predicted molar refractivity (Wildman–Crippen MR) is 98.5 cm³/mol. The van der Waals surface area contributed by atoms with Crippen LogP contribution in [0.25, 0.3) is 0 Å². The molecular formula is C18H30ClN3O. The van der Waals surface area contributed by atoms with Gasteiger partial charge < -0.3 is 10.6 Å². The lowest BCUT2D eigenvalue weighted by Gasteiger charge is -2.33. The van der Waals surface area contributed by atoms with E-state index in [1.54, 1.807) is 0 Å². The lowest BCUT2D eigenvalue weighted by Crippen LogP contribution is -2.52. The molecule has 0 saturated carbocycles. The first-order valence-corrected chi connectivity index (χ1v) is 8.25. The third kappa shape index (κ3) is 5.79. The van der Waals surface area contributed by atoms with E-state index >= 15 is 0 Å². The van der Waals surface area contributed by atoms with Crippen molar-refractivity contribution in [2.24, 2.45) is 0 Å². The number of hydrogen-bond acceptors (Lipinski definition) is 3. The molecule has 1 saturated heterocycles. The zero-order valence-corrected chi connectivity index (χ0v) is 15.6. The van der Waals surface area contributed by atoms with Crippen LogP contribution in [0.1, 0.15) is 29.2 Å². The molecule has 1 amide bonds. The number of rotatable bonds is 5. The van der Waals surface area contributed by atoms with E-state index in [0.29, 0.717) is 19.1 Å². The average Bonchev–Trinajstić information content (AvgIpc) is 2.44. The molecule has 23 heavy (non-hydrogen) atoms. The molecule has 1 aromatic rings. The van der Waals surface area contributed by atoms with E-state index in [4.69, 9.17) is 0 Å². The fourth-order valence-corrected chi connectivity index (χ4v) is 3.29. The van der Waals surface area contributed by atoms with E-state index in [1.807, 2.05) is 0 Å². The Hall–Kier alpha value is -1.10. The SMILES string of the molecule is Cc1cc(C)c(CCNC(=O)CN2CCNC[C@H]2C)c(C)c1.Cl. The molecule has 1 heterocycles. The van der Waals surface area contributed by atoms with Crippen LogP contribution in [0, 0.1) is 20.8 Å². The number of halogens is 1. The van der Waals surface area contributed by atoms with E-state index in [-0.39, 0.29) is 18.3 Å². The summed E-state index contributed by atoms with van der Waals surface area (Å²) in [4.78, 5) is 14.3. The minimum Gasteiger partial charge on any atom is -0.355 e. The number of hydrogen-bond donors (Lipinski definition) is 2. The van der Waals surface area contributed by atoms with Crippen LogP contribution in [0.4, 0.5) is 0 Å². The second-order valence-electron chi connectivity index (χ2n) is 6.50. The van der Waals surface area contributed by atoms with Crippen molar-refractivity contribution < 1.29 is 4.79 Å². The first-order valence-electron chi connectivity index (χ1n) is 8.25. The third-order valence-corrected chi connectivity index (χ3v) is 4.52. The fourth-order valence-electron chi connectivity index (χ4n) is 3.29. The normalized spacial score (nSPS) is 18.3. The highest BCUT2D eigenvalue weighted by molar-refractivity contribution is 5.85. The van der Waals surface area contributed by atoms with Gasteiger partial charge in [-0.15, -0.1) is 12.4 Å². The molecule has 0 aliphatic carbocycles. The Morgan fingerprint density at radius 3 is 2.57 bits per heavy atom. The van der Waals surface area contributed by atoms with Crippen LogP contribution >= 0.6 is 12.4 Å². The van der Waals surface area contributed by atoms with Gasteiger partial charge in [-0.05, 0) is 50.8 Å². The van der Waals surface area contributed by atoms with Gasteiger partial charge in [0.1, 0.15) is 0 Å². The van der Waals surface area contributed by atoms with Gasteiger partial charge in [0.2, 0.25) is 5.91 Å². The minimum absolute atomic E-state index is 0. The summed E-state index contributed by atoms with van der Waals surface area (Å²) in [6.07, 6.45) is 0.904. The van der Waals surface area contributed by atoms with Crippen LogP contribution in [-0.2, 0) is 11.2 Å². The number of amides is 1. The van der Waals surface area contributed by atoms with Gasteiger partial charge in [-0.2, -0.15) is 0 Å². The molecule has 0 aromatic heterocycles.